The van der Waals surface area contributed by atoms with Gasteiger partial charge in [0.25, 0.3) is 5.56 Å². The summed E-state index contributed by atoms with van der Waals surface area (Å²) >= 11 is 3.33. The fraction of sp³-hybridized carbons (Fsp3) is 0.724. The van der Waals surface area contributed by atoms with Gasteiger partial charge in [-0.15, -0.1) is 0 Å². The van der Waals surface area contributed by atoms with Gasteiger partial charge in [-0.05, 0) is 84.8 Å². The molecule has 2 saturated carbocycles. The Morgan fingerprint density at radius 3 is 2.38 bits per heavy atom. The average Bonchev–Trinajstić information content (AvgIpc) is 3.67. The van der Waals surface area contributed by atoms with Crippen molar-refractivity contribution in [3.05, 3.63) is 27.0 Å². The fourth-order valence-electron chi connectivity index (χ4n) is 7.15. The van der Waals surface area contributed by atoms with Crippen molar-refractivity contribution < 1.29 is 29.0 Å². The number of fused-ring (bicyclic) bond motifs is 4. The lowest BCUT2D eigenvalue weighted by molar-refractivity contribution is -0.157. The third-order valence-corrected chi connectivity index (χ3v) is 9.81. The third kappa shape index (κ3) is 6.36. The maximum Gasteiger partial charge on any atom is 0.326 e. The van der Waals surface area contributed by atoms with Crippen LogP contribution in [-0.2, 0) is 25.7 Å². The first-order chi connectivity index (χ1) is 18.8. The molecular weight excluding hydrogens is 568 g/mol. The molecule has 2 aliphatic carbocycles. The Balaban J connectivity index is 1.45. The molecule has 1 saturated heterocycles. The van der Waals surface area contributed by atoms with E-state index >= 15 is 0 Å². The number of carboxylic acid groups (broad SMARTS) is 1. The summed E-state index contributed by atoms with van der Waals surface area (Å²) in [5.41, 5.74) is -0.188. The number of halogens is 1. The summed E-state index contributed by atoms with van der Waals surface area (Å²) in [6.45, 7) is 0.585. The zero-order valence-corrected chi connectivity index (χ0v) is 24.0. The number of carbonyl (C=O) groups is 3. The molecule has 39 heavy (non-hydrogen) atoms. The Morgan fingerprint density at radius 1 is 0.897 bits per heavy atom. The lowest BCUT2D eigenvalue weighted by Gasteiger charge is -2.30. The molecule has 1 aromatic heterocycles. The Kier molecular flexibility index (Phi) is 8.99. The van der Waals surface area contributed by atoms with E-state index in [1.54, 1.807) is 16.7 Å². The molecule has 5 atom stereocenters. The minimum atomic E-state index is -1.09. The molecule has 1 N–H and O–H groups in total. The highest BCUT2D eigenvalue weighted by molar-refractivity contribution is 9.10. The van der Waals surface area contributed by atoms with Crippen LogP contribution < -0.4 is 10.3 Å². The van der Waals surface area contributed by atoms with E-state index in [2.05, 4.69) is 15.9 Å². The highest BCUT2D eigenvalue weighted by atomic mass is 79.9. The molecule has 0 spiro atoms. The number of aromatic nitrogens is 1. The first kappa shape index (κ1) is 28.2. The van der Waals surface area contributed by atoms with Gasteiger partial charge in [-0.25, -0.2) is 4.79 Å². The smallest absolute Gasteiger partial charge is 0.326 e. The molecule has 10 heteroatoms. The molecule has 214 valence electrons. The standard InChI is InChI=1S/C29H39BrN2O7/c30-22-12-13-25-31(28(22)35)14-5-1-2-9-19-10-6-11-24(19)39-26(33)16-21(18-7-3-4-8-18)27(34)32-17-20(38-25)15-23(32)29(36)37/h12-13,18-21,23-24H,1-11,14-17H2,(H,36,37)/t19-,20-,21+,23+,24-/m1/s1. The van der Waals surface area contributed by atoms with Gasteiger partial charge in [-0.2, -0.15) is 0 Å². The number of rotatable bonds is 2. The maximum atomic E-state index is 14.0. The van der Waals surface area contributed by atoms with Gasteiger partial charge in [0.05, 0.1) is 23.4 Å². The third-order valence-electron chi connectivity index (χ3n) is 9.21. The van der Waals surface area contributed by atoms with E-state index in [-0.39, 0.29) is 48.8 Å². The number of carboxylic acids is 1. The summed E-state index contributed by atoms with van der Waals surface area (Å²) in [4.78, 5) is 53.8. The largest absolute Gasteiger partial charge is 0.480 e. The van der Waals surface area contributed by atoms with Crippen molar-refractivity contribution in [2.45, 2.75) is 108 Å². The topological polar surface area (TPSA) is 115 Å². The number of hydrogen-bond donors (Lipinski definition) is 1. The van der Waals surface area contributed by atoms with Crippen molar-refractivity contribution >= 4 is 33.8 Å². The van der Waals surface area contributed by atoms with Crippen LogP contribution in [0.15, 0.2) is 21.4 Å². The van der Waals surface area contributed by atoms with Crippen LogP contribution >= 0.6 is 15.9 Å². The van der Waals surface area contributed by atoms with Crippen LogP contribution in [0.2, 0.25) is 0 Å². The van der Waals surface area contributed by atoms with Crippen molar-refractivity contribution in [1.82, 2.24) is 9.47 Å². The number of hydrogen-bond acceptors (Lipinski definition) is 6. The first-order valence-electron chi connectivity index (χ1n) is 14.6. The van der Waals surface area contributed by atoms with Crippen LogP contribution in [-0.4, -0.2) is 57.2 Å². The van der Waals surface area contributed by atoms with Crippen LogP contribution in [0.25, 0.3) is 0 Å². The number of ether oxygens (including phenoxy) is 2. The first-order valence-corrected chi connectivity index (χ1v) is 15.4. The van der Waals surface area contributed by atoms with E-state index in [1.807, 2.05) is 0 Å². The number of esters is 1. The van der Waals surface area contributed by atoms with Gasteiger partial charge in [0, 0.05) is 13.0 Å². The Morgan fingerprint density at radius 2 is 1.62 bits per heavy atom. The summed E-state index contributed by atoms with van der Waals surface area (Å²) in [6, 6.07) is 2.33. The lowest BCUT2D eigenvalue weighted by Crippen LogP contribution is -2.46. The second-order valence-electron chi connectivity index (χ2n) is 11.7. The predicted octanol–water partition coefficient (Wildman–Crippen LogP) is 4.53. The summed E-state index contributed by atoms with van der Waals surface area (Å²) in [5, 5.41) is 10.0. The van der Waals surface area contributed by atoms with Gasteiger partial charge in [0.1, 0.15) is 18.2 Å². The fourth-order valence-corrected chi connectivity index (χ4v) is 7.49. The molecule has 0 aromatic carbocycles. The Bertz CT molecular complexity index is 1130. The highest BCUT2D eigenvalue weighted by Crippen LogP contribution is 2.38. The average molecular weight is 608 g/mol. The molecule has 5 rings (SSSR count). The van der Waals surface area contributed by atoms with Crippen molar-refractivity contribution in [3.8, 4) is 5.88 Å². The van der Waals surface area contributed by atoms with Gasteiger partial charge in [-0.3, -0.25) is 19.0 Å². The SMILES string of the molecule is O=C1C[C@@H](C2CCCC2)C(=O)N2C[C@@H](C[C@H]2C(=O)O)Oc2ccc(Br)c(=O)n2CCCCC[C@@H]2CCC[C@H]2O1. The lowest BCUT2D eigenvalue weighted by atomic mass is 9.86. The van der Waals surface area contributed by atoms with Crippen molar-refractivity contribution in [2.75, 3.05) is 6.54 Å². The quantitative estimate of drug-likeness (QED) is 0.492. The Labute approximate surface area is 237 Å². The molecule has 4 aliphatic rings. The van der Waals surface area contributed by atoms with Gasteiger partial charge in [0.15, 0.2) is 5.88 Å². The number of carbonyl (C=O) groups excluding carboxylic acids is 2. The molecule has 2 bridgehead atoms. The molecule has 2 aliphatic heterocycles. The summed E-state index contributed by atoms with van der Waals surface area (Å²) in [7, 11) is 0. The molecule has 9 nitrogen and oxygen atoms in total. The molecule has 3 fully saturated rings. The van der Waals surface area contributed by atoms with E-state index in [9.17, 15) is 24.3 Å². The normalized spacial score (nSPS) is 31.1. The summed E-state index contributed by atoms with van der Waals surface area (Å²) in [6.07, 6.45) is 9.72. The van der Waals surface area contributed by atoms with Crippen molar-refractivity contribution in [2.24, 2.45) is 17.8 Å². The second kappa shape index (κ2) is 12.4. The molecule has 3 heterocycles. The van der Waals surface area contributed by atoms with Crippen LogP contribution in [0.1, 0.15) is 83.5 Å². The van der Waals surface area contributed by atoms with Crippen LogP contribution in [0, 0.1) is 17.8 Å². The van der Waals surface area contributed by atoms with Crippen LogP contribution in [0.5, 0.6) is 5.88 Å². The highest BCUT2D eigenvalue weighted by Gasteiger charge is 2.46. The van der Waals surface area contributed by atoms with Gasteiger partial charge >= 0.3 is 11.9 Å². The minimum Gasteiger partial charge on any atom is -0.480 e. The minimum absolute atomic E-state index is 0.00661. The molecule has 1 aromatic rings. The molecule has 0 radical (unpaired) electrons. The van der Waals surface area contributed by atoms with E-state index in [1.165, 1.54) is 4.90 Å². The number of nitrogens with zero attached hydrogens (tertiary/aromatic N) is 2. The Hall–Kier alpha value is -2.36. The van der Waals surface area contributed by atoms with E-state index < -0.39 is 24.0 Å². The zero-order valence-electron chi connectivity index (χ0n) is 22.4. The number of aliphatic carboxylic acids is 1. The summed E-state index contributed by atoms with van der Waals surface area (Å²) in [5.74, 6) is -1.57. The summed E-state index contributed by atoms with van der Waals surface area (Å²) < 4.78 is 14.3. The molecule has 0 unspecified atom stereocenters. The van der Waals surface area contributed by atoms with E-state index in [0.717, 1.165) is 70.6 Å². The molecular formula is C29H39BrN2O7. The van der Waals surface area contributed by atoms with E-state index in [4.69, 9.17) is 9.47 Å². The van der Waals surface area contributed by atoms with Crippen LogP contribution in [0.3, 0.4) is 0 Å². The van der Waals surface area contributed by atoms with Crippen molar-refractivity contribution in [3.63, 3.8) is 0 Å². The van der Waals surface area contributed by atoms with Gasteiger partial charge in [-0.1, -0.05) is 25.7 Å². The number of pyridine rings is 1. The predicted molar refractivity (Wildman–Crippen MR) is 146 cm³/mol. The maximum absolute atomic E-state index is 14.0. The van der Waals surface area contributed by atoms with Crippen LogP contribution in [0.4, 0.5) is 0 Å². The van der Waals surface area contributed by atoms with Gasteiger partial charge < -0.3 is 19.5 Å². The molecule has 1 amide bonds. The van der Waals surface area contributed by atoms with E-state index in [0.29, 0.717) is 22.8 Å². The zero-order chi connectivity index (χ0) is 27.5. The second-order valence-corrected chi connectivity index (χ2v) is 12.6. The van der Waals surface area contributed by atoms with Gasteiger partial charge in [0.2, 0.25) is 5.91 Å². The van der Waals surface area contributed by atoms with Crippen molar-refractivity contribution in [1.29, 1.82) is 0 Å². The monoisotopic (exact) mass is 606 g/mol. The number of amides is 1.